The largest absolute Gasteiger partial charge is 0.497 e. The van der Waals surface area contributed by atoms with E-state index in [2.05, 4.69) is 18.3 Å². The van der Waals surface area contributed by atoms with Crippen LogP contribution in [-0.4, -0.2) is 26.1 Å². The number of amides is 1. The number of likely N-dealkylation sites (N-methyl/N-ethyl adjacent to an activating group) is 1. The fourth-order valence-electron chi connectivity index (χ4n) is 2.40. The number of hydrogen-bond donors (Lipinski definition) is 2. The van der Waals surface area contributed by atoms with Gasteiger partial charge in [-0.1, -0.05) is 12.1 Å². The zero-order valence-electron chi connectivity index (χ0n) is 14.0. The number of nitrogens with zero attached hydrogens (tertiary/aromatic N) is 1. The Morgan fingerprint density at radius 2 is 1.83 bits per heavy atom. The molecular formula is C19H22N3O2+. The Balaban J connectivity index is 1.90. The van der Waals surface area contributed by atoms with Gasteiger partial charge in [0.05, 0.1) is 25.3 Å². The van der Waals surface area contributed by atoms with Crippen molar-refractivity contribution in [2.75, 3.05) is 25.5 Å². The Morgan fingerprint density at radius 3 is 2.38 bits per heavy atom. The van der Waals surface area contributed by atoms with Crippen LogP contribution < -0.4 is 15.0 Å². The fourth-order valence-corrected chi connectivity index (χ4v) is 2.40. The first-order chi connectivity index (χ1) is 11.6. The molecule has 5 heteroatoms. The highest BCUT2D eigenvalue weighted by molar-refractivity contribution is 5.91. The van der Waals surface area contributed by atoms with Gasteiger partial charge in [-0.25, -0.2) is 0 Å². The Bertz CT molecular complexity index is 703. The van der Waals surface area contributed by atoms with Crippen molar-refractivity contribution in [3.05, 3.63) is 59.7 Å². The molecule has 0 aliphatic heterocycles. The number of nitrogens with one attached hydrogen (secondary N) is 2. The molecule has 0 bridgehead atoms. The van der Waals surface area contributed by atoms with Crippen molar-refractivity contribution in [3.8, 4) is 11.8 Å². The lowest BCUT2D eigenvalue weighted by Gasteiger charge is -2.17. The monoisotopic (exact) mass is 324 g/mol. The molecule has 0 fully saturated rings. The van der Waals surface area contributed by atoms with Crippen molar-refractivity contribution in [1.29, 1.82) is 5.26 Å². The molecule has 0 spiro atoms. The van der Waals surface area contributed by atoms with Crippen LogP contribution in [0.4, 0.5) is 5.69 Å². The second-order valence-corrected chi connectivity index (χ2v) is 5.54. The van der Waals surface area contributed by atoms with Crippen molar-refractivity contribution >= 4 is 11.6 Å². The maximum absolute atomic E-state index is 12.2. The Kier molecular flexibility index (Phi) is 6.35. The zero-order valence-corrected chi connectivity index (χ0v) is 14.0. The summed E-state index contributed by atoms with van der Waals surface area (Å²) in [5, 5.41) is 11.7. The number of rotatable bonds is 7. The minimum atomic E-state index is -0.0225. The number of hydrogen-bond acceptors (Lipinski definition) is 3. The standard InChI is InChI=1S/C19H21N3O2/c1-3-22(13-16-6-4-15(12-20)5-7-16)14-19(23)21-17-8-10-18(24-2)11-9-17/h4-11H,3,13-14H2,1-2H3,(H,21,23)/p+1. The quantitative estimate of drug-likeness (QED) is 0.813. The average molecular weight is 324 g/mol. The molecule has 1 unspecified atom stereocenters. The van der Waals surface area contributed by atoms with Crippen LogP contribution in [0.2, 0.25) is 0 Å². The van der Waals surface area contributed by atoms with Crippen molar-refractivity contribution < 1.29 is 14.4 Å². The first kappa shape index (κ1) is 17.5. The molecule has 0 saturated heterocycles. The first-order valence-electron chi connectivity index (χ1n) is 7.91. The van der Waals surface area contributed by atoms with Crippen LogP contribution in [0.1, 0.15) is 18.1 Å². The molecule has 1 amide bonds. The third-order valence-electron chi connectivity index (χ3n) is 3.82. The molecule has 2 N–H and O–H groups in total. The van der Waals surface area contributed by atoms with Gasteiger partial charge in [0.1, 0.15) is 12.3 Å². The number of anilines is 1. The summed E-state index contributed by atoms with van der Waals surface area (Å²) in [6, 6.07) is 16.9. The number of ether oxygens (including phenoxy) is 1. The minimum absolute atomic E-state index is 0.0225. The van der Waals surface area contributed by atoms with E-state index < -0.39 is 0 Å². The average Bonchev–Trinajstić information content (AvgIpc) is 2.62. The van der Waals surface area contributed by atoms with E-state index in [0.717, 1.165) is 35.0 Å². The minimum Gasteiger partial charge on any atom is -0.497 e. The van der Waals surface area contributed by atoms with Crippen LogP contribution in [0.5, 0.6) is 5.75 Å². The molecule has 0 radical (unpaired) electrons. The lowest BCUT2D eigenvalue weighted by atomic mass is 10.1. The van der Waals surface area contributed by atoms with E-state index in [4.69, 9.17) is 10.00 Å². The second-order valence-electron chi connectivity index (χ2n) is 5.54. The maximum Gasteiger partial charge on any atom is 0.279 e. The van der Waals surface area contributed by atoms with Gasteiger partial charge in [-0.05, 0) is 43.3 Å². The number of benzene rings is 2. The lowest BCUT2D eigenvalue weighted by molar-refractivity contribution is -0.903. The van der Waals surface area contributed by atoms with E-state index in [-0.39, 0.29) is 5.91 Å². The van der Waals surface area contributed by atoms with Crippen molar-refractivity contribution in [2.45, 2.75) is 13.5 Å². The predicted octanol–water partition coefficient (Wildman–Crippen LogP) is 1.61. The second kappa shape index (κ2) is 8.70. The highest BCUT2D eigenvalue weighted by Gasteiger charge is 2.13. The number of nitriles is 1. The van der Waals surface area contributed by atoms with E-state index in [9.17, 15) is 4.79 Å². The Hall–Kier alpha value is -2.84. The number of quaternary nitrogens is 1. The van der Waals surface area contributed by atoms with E-state index in [1.165, 1.54) is 0 Å². The summed E-state index contributed by atoms with van der Waals surface area (Å²) in [6.45, 7) is 4.04. The zero-order chi connectivity index (χ0) is 17.4. The van der Waals surface area contributed by atoms with Crippen LogP contribution in [-0.2, 0) is 11.3 Å². The lowest BCUT2D eigenvalue weighted by Crippen LogP contribution is -3.11. The molecule has 0 saturated carbocycles. The summed E-state index contributed by atoms with van der Waals surface area (Å²) >= 11 is 0. The topological polar surface area (TPSA) is 66.6 Å². The molecule has 2 aromatic rings. The smallest absolute Gasteiger partial charge is 0.279 e. The SMILES string of the molecule is CC[NH+](CC(=O)Nc1ccc(OC)cc1)Cc1ccc(C#N)cc1. The molecule has 2 rings (SSSR count). The molecular weight excluding hydrogens is 302 g/mol. The van der Waals surface area contributed by atoms with Crippen LogP contribution in [0, 0.1) is 11.3 Å². The molecule has 0 heterocycles. The number of carbonyl (C=O) groups excluding carboxylic acids is 1. The fraction of sp³-hybridized carbons (Fsp3) is 0.263. The van der Waals surface area contributed by atoms with Gasteiger partial charge in [-0.15, -0.1) is 0 Å². The van der Waals surface area contributed by atoms with E-state index in [1.807, 2.05) is 36.4 Å². The van der Waals surface area contributed by atoms with Gasteiger partial charge in [0, 0.05) is 11.3 Å². The highest BCUT2D eigenvalue weighted by Crippen LogP contribution is 2.14. The van der Waals surface area contributed by atoms with Gasteiger partial charge < -0.3 is 15.0 Å². The molecule has 124 valence electrons. The predicted molar refractivity (Wildman–Crippen MR) is 92.9 cm³/mol. The Labute approximate surface area is 142 Å². The van der Waals surface area contributed by atoms with Crippen LogP contribution in [0.25, 0.3) is 0 Å². The van der Waals surface area contributed by atoms with Crippen molar-refractivity contribution in [2.24, 2.45) is 0 Å². The third kappa shape index (κ3) is 5.11. The molecule has 2 aromatic carbocycles. The van der Waals surface area contributed by atoms with Crippen LogP contribution in [0.15, 0.2) is 48.5 Å². The summed E-state index contributed by atoms with van der Waals surface area (Å²) in [7, 11) is 1.61. The van der Waals surface area contributed by atoms with Gasteiger partial charge in [-0.2, -0.15) is 5.26 Å². The van der Waals surface area contributed by atoms with Gasteiger partial charge >= 0.3 is 0 Å². The summed E-state index contributed by atoms with van der Waals surface area (Å²) in [5.41, 5.74) is 2.52. The molecule has 5 nitrogen and oxygen atoms in total. The molecule has 0 aliphatic carbocycles. The van der Waals surface area contributed by atoms with Crippen molar-refractivity contribution in [3.63, 3.8) is 0 Å². The van der Waals surface area contributed by atoms with E-state index >= 15 is 0 Å². The summed E-state index contributed by atoms with van der Waals surface area (Å²) in [5.74, 6) is 0.736. The van der Waals surface area contributed by atoms with Crippen molar-refractivity contribution in [1.82, 2.24) is 0 Å². The van der Waals surface area contributed by atoms with Gasteiger partial charge in [-0.3, -0.25) is 4.79 Å². The van der Waals surface area contributed by atoms with Gasteiger partial charge in [0.25, 0.3) is 5.91 Å². The normalized spacial score (nSPS) is 11.4. The third-order valence-corrected chi connectivity index (χ3v) is 3.82. The number of methoxy groups -OCH3 is 1. The first-order valence-corrected chi connectivity index (χ1v) is 7.91. The summed E-state index contributed by atoms with van der Waals surface area (Å²) < 4.78 is 5.10. The molecule has 0 aliphatic rings. The maximum atomic E-state index is 12.2. The van der Waals surface area contributed by atoms with Crippen LogP contribution in [0.3, 0.4) is 0 Å². The summed E-state index contributed by atoms with van der Waals surface area (Å²) in [4.78, 5) is 13.4. The van der Waals surface area contributed by atoms with Gasteiger partial charge in [0.2, 0.25) is 0 Å². The summed E-state index contributed by atoms with van der Waals surface area (Å²) in [6.07, 6.45) is 0. The molecule has 24 heavy (non-hydrogen) atoms. The van der Waals surface area contributed by atoms with E-state index in [1.54, 1.807) is 19.2 Å². The van der Waals surface area contributed by atoms with E-state index in [0.29, 0.717) is 12.1 Å². The number of carbonyl (C=O) groups is 1. The van der Waals surface area contributed by atoms with Crippen LogP contribution >= 0.6 is 0 Å². The van der Waals surface area contributed by atoms with Gasteiger partial charge in [0.15, 0.2) is 6.54 Å². The molecule has 1 atom stereocenters. The Morgan fingerprint density at radius 1 is 1.17 bits per heavy atom. The molecule has 0 aromatic heterocycles. The highest BCUT2D eigenvalue weighted by atomic mass is 16.5.